The Morgan fingerprint density at radius 3 is 2.72 bits per heavy atom. The number of nitrogens with zero attached hydrogens (tertiary/aromatic N) is 1. The predicted octanol–water partition coefficient (Wildman–Crippen LogP) is 4.16. The monoisotopic (exact) mass is 263 g/mol. The minimum atomic E-state index is 0.183. The zero-order chi connectivity index (χ0) is 12.8. The Labute approximate surface area is 113 Å². The Balaban J connectivity index is 1.71. The minimum absolute atomic E-state index is 0.183. The Morgan fingerprint density at radius 2 is 2.06 bits per heavy atom. The van der Waals surface area contributed by atoms with Crippen molar-refractivity contribution in [1.82, 2.24) is 4.98 Å². The van der Waals surface area contributed by atoms with Crippen LogP contribution in [-0.2, 0) is 12.8 Å². The summed E-state index contributed by atoms with van der Waals surface area (Å²) in [6, 6.07) is 8.56. The van der Waals surface area contributed by atoms with Gasteiger partial charge in [-0.2, -0.15) is 0 Å². The van der Waals surface area contributed by atoms with Crippen molar-refractivity contribution >= 4 is 11.6 Å². The maximum Gasteiger partial charge on any atom is 0.193 e. The first kappa shape index (κ1) is 13.2. The van der Waals surface area contributed by atoms with Crippen LogP contribution in [-0.4, -0.2) is 10.4 Å². The van der Waals surface area contributed by atoms with Gasteiger partial charge in [0.2, 0.25) is 0 Å². The number of benzene rings is 1. The van der Waals surface area contributed by atoms with Crippen molar-refractivity contribution in [2.75, 3.05) is 0 Å². The second-order valence-electron chi connectivity index (χ2n) is 4.61. The molecule has 2 nitrogen and oxygen atoms in total. The van der Waals surface area contributed by atoms with Crippen LogP contribution in [0.25, 0.3) is 0 Å². The van der Waals surface area contributed by atoms with E-state index in [2.05, 4.69) is 36.2 Å². The van der Waals surface area contributed by atoms with Crippen molar-refractivity contribution in [3.05, 3.63) is 53.7 Å². The fourth-order valence-electron chi connectivity index (χ4n) is 1.93. The van der Waals surface area contributed by atoms with Gasteiger partial charge >= 0.3 is 0 Å². The maximum absolute atomic E-state index is 6.34. The van der Waals surface area contributed by atoms with Gasteiger partial charge in [0.05, 0.1) is 6.20 Å². The van der Waals surface area contributed by atoms with Gasteiger partial charge < -0.3 is 4.42 Å². The molecule has 0 saturated carbocycles. The summed E-state index contributed by atoms with van der Waals surface area (Å²) in [6.45, 7) is 2.10. The molecule has 0 spiro atoms. The van der Waals surface area contributed by atoms with Crippen molar-refractivity contribution in [2.45, 2.75) is 38.0 Å². The van der Waals surface area contributed by atoms with Gasteiger partial charge in [0.25, 0.3) is 0 Å². The maximum atomic E-state index is 6.34. The van der Waals surface area contributed by atoms with Crippen LogP contribution in [0.2, 0.25) is 0 Å². The molecule has 0 radical (unpaired) electrons. The quantitative estimate of drug-likeness (QED) is 0.732. The number of alkyl halides is 1. The summed E-state index contributed by atoms with van der Waals surface area (Å²) in [7, 11) is 0. The molecule has 0 fully saturated rings. The van der Waals surface area contributed by atoms with Crippen LogP contribution < -0.4 is 0 Å². The largest absolute Gasteiger partial charge is 0.449 e. The zero-order valence-electron chi connectivity index (χ0n) is 10.6. The molecule has 1 aromatic heterocycles. The molecule has 1 unspecified atom stereocenters. The van der Waals surface area contributed by atoms with E-state index in [9.17, 15) is 0 Å². The van der Waals surface area contributed by atoms with E-state index < -0.39 is 0 Å². The first-order valence-electron chi connectivity index (χ1n) is 6.32. The van der Waals surface area contributed by atoms with E-state index in [-0.39, 0.29) is 5.38 Å². The van der Waals surface area contributed by atoms with Gasteiger partial charge in [-0.3, -0.25) is 0 Å². The Bertz CT molecular complexity index is 450. The van der Waals surface area contributed by atoms with E-state index in [0.29, 0.717) is 0 Å². The standard InChI is InChI=1S/C15H18ClNO/c1-12-5-7-13(8-6-12)11-14(16)3-2-4-15-17-9-10-18-15/h5-10,14H,2-4,11H2,1H3. The van der Waals surface area contributed by atoms with Crippen molar-refractivity contribution in [2.24, 2.45) is 0 Å². The average Bonchev–Trinajstić information content (AvgIpc) is 2.85. The van der Waals surface area contributed by atoms with Gasteiger partial charge in [0.1, 0.15) is 6.26 Å². The summed E-state index contributed by atoms with van der Waals surface area (Å²) in [5.41, 5.74) is 2.59. The van der Waals surface area contributed by atoms with E-state index in [4.69, 9.17) is 16.0 Å². The molecule has 0 aliphatic carbocycles. The highest BCUT2D eigenvalue weighted by Crippen LogP contribution is 2.15. The lowest BCUT2D eigenvalue weighted by molar-refractivity contribution is 0.481. The number of aromatic nitrogens is 1. The third-order valence-electron chi connectivity index (χ3n) is 2.97. The average molecular weight is 264 g/mol. The van der Waals surface area contributed by atoms with Crippen LogP contribution in [0.1, 0.15) is 29.9 Å². The number of oxazole rings is 1. The molecule has 1 aromatic carbocycles. The number of hydrogen-bond donors (Lipinski definition) is 0. The molecular weight excluding hydrogens is 246 g/mol. The number of halogens is 1. The first-order valence-corrected chi connectivity index (χ1v) is 6.75. The molecule has 0 saturated heterocycles. The molecule has 0 aliphatic heterocycles. The van der Waals surface area contributed by atoms with Gasteiger partial charge in [-0.1, -0.05) is 29.8 Å². The Morgan fingerprint density at radius 1 is 1.28 bits per heavy atom. The molecule has 2 aromatic rings. The minimum Gasteiger partial charge on any atom is -0.449 e. The van der Waals surface area contributed by atoms with Crippen LogP contribution >= 0.6 is 11.6 Å². The number of rotatable bonds is 6. The lowest BCUT2D eigenvalue weighted by Crippen LogP contribution is -2.04. The summed E-state index contributed by atoms with van der Waals surface area (Å²) in [6.07, 6.45) is 7.08. The summed E-state index contributed by atoms with van der Waals surface area (Å²) in [5.74, 6) is 0.800. The number of aryl methyl sites for hydroxylation is 2. The fraction of sp³-hybridized carbons (Fsp3) is 0.400. The molecule has 1 heterocycles. The lowest BCUT2D eigenvalue weighted by atomic mass is 10.0. The molecule has 3 heteroatoms. The Hall–Kier alpha value is -1.28. The van der Waals surface area contributed by atoms with E-state index in [1.807, 2.05) is 0 Å². The molecule has 2 rings (SSSR count). The Kier molecular flexibility index (Phi) is 4.82. The van der Waals surface area contributed by atoms with Crippen LogP contribution in [0.5, 0.6) is 0 Å². The second kappa shape index (κ2) is 6.60. The van der Waals surface area contributed by atoms with Crippen molar-refractivity contribution in [3.8, 4) is 0 Å². The normalized spacial score (nSPS) is 12.6. The van der Waals surface area contributed by atoms with Crippen LogP contribution in [0.4, 0.5) is 0 Å². The van der Waals surface area contributed by atoms with Crippen molar-refractivity contribution < 1.29 is 4.42 Å². The van der Waals surface area contributed by atoms with Crippen LogP contribution in [0.3, 0.4) is 0 Å². The molecule has 0 aliphatic rings. The van der Waals surface area contributed by atoms with E-state index in [1.165, 1.54) is 11.1 Å². The third kappa shape index (κ3) is 4.19. The van der Waals surface area contributed by atoms with Gasteiger partial charge in [0.15, 0.2) is 5.89 Å². The summed E-state index contributed by atoms with van der Waals surface area (Å²) >= 11 is 6.34. The molecule has 18 heavy (non-hydrogen) atoms. The van der Waals surface area contributed by atoms with E-state index >= 15 is 0 Å². The fourth-order valence-corrected chi connectivity index (χ4v) is 2.27. The second-order valence-corrected chi connectivity index (χ2v) is 5.22. The van der Waals surface area contributed by atoms with Gasteiger partial charge in [-0.25, -0.2) is 4.98 Å². The highest BCUT2D eigenvalue weighted by atomic mass is 35.5. The molecule has 0 amide bonds. The molecule has 1 atom stereocenters. The van der Waals surface area contributed by atoms with E-state index in [0.717, 1.165) is 31.6 Å². The topological polar surface area (TPSA) is 26.0 Å². The highest BCUT2D eigenvalue weighted by molar-refractivity contribution is 6.20. The predicted molar refractivity (Wildman–Crippen MR) is 74.0 cm³/mol. The van der Waals surface area contributed by atoms with Gasteiger partial charge in [-0.05, 0) is 31.7 Å². The van der Waals surface area contributed by atoms with Crippen LogP contribution in [0, 0.1) is 6.92 Å². The van der Waals surface area contributed by atoms with E-state index in [1.54, 1.807) is 12.5 Å². The summed E-state index contributed by atoms with van der Waals surface area (Å²) in [4.78, 5) is 4.10. The zero-order valence-corrected chi connectivity index (χ0v) is 11.4. The van der Waals surface area contributed by atoms with Crippen molar-refractivity contribution in [3.63, 3.8) is 0 Å². The smallest absolute Gasteiger partial charge is 0.193 e. The molecule has 96 valence electrons. The van der Waals surface area contributed by atoms with Crippen molar-refractivity contribution in [1.29, 1.82) is 0 Å². The van der Waals surface area contributed by atoms with Crippen LogP contribution in [0.15, 0.2) is 41.1 Å². The summed E-state index contributed by atoms with van der Waals surface area (Å²) in [5, 5.41) is 0.183. The molecular formula is C15H18ClNO. The third-order valence-corrected chi connectivity index (χ3v) is 3.34. The van der Waals surface area contributed by atoms with Gasteiger partial charge in [-0.15, -0.1) is 11.6 Å². The number of hydrogen-bond acceptors (Lipinski definition) is 2. The first-order chi connectivity index (χ1) is 8.74. The molecule has 0 N–H and O–H groups in total. The summed E-state index contributed by atoms with van der Waals surface area (Å²) < 4.78 is 5.19. The highest BCUT2D eigenvalue weighted by Gasteiger charge is 2.07. The lowest BCUT2D eigenvalue weighted by Gasteiger charge is -2.09. The SMILES string of the molecule is Cc1ccc(CC(Cl)CCCc2ncco2)cc1. The van der Waals surface area contributed by atoms with Gasteiger partial charge in [0, 0.05) is 11.8 Å². The molecule has 0 bridgehead atoms.